The lowest BCUT2D eigenvalue weighted by atomic mass is 10.0. The molecule has 1 aromatic carbocycles. The number of unbranched alkanes of at least 4 members (excludes halogenated alkanes) is 1. The number of nitrogen functional groups attached to an aromatic ring is 1. The lowest BCUT2D eigenvalue weighted by Gasteiger charge is -2.19. The summed E-state index contributed by atoms with van der Waals surface area (Å²) in [6, 6.07) is 0. The quantitative estimate of drug-likeness (QED) is 0.821. The summed E-state index contributed by atoms with van der Waals surface area (Å²) in [5.74, 6) is 1.78. The van der Waals surface area contributed by atoms with E-state index in [1.165, 1.54) is 7.11 Å². The zero-order valence-corrected chi connectivity index (χ0v) is 14.0. The van der Waals surface area contributed by atoms with Gasteiger partial charge in [-0.2, -0.15) is 0 Å². The summed E-state index contributed by atoms with van der Waals surface area (Å²) in [6.45, 7) is 2.12. The Morgan fingerprint density at radius 1 is 1.00 bits per heavy atom. The third-order valence-corrected chi connectivity index (χ3v) is 3.67. The van der Waals surface area contributed by atoms with Crippen LogP contribution in [0.3, 0.4) is 0 Å². The standard InChI is InChI=1S/C15H20ClN3O3/c1-5-6-7-8-10-9(14(17)19-15(16)18-10)12(21-3)13(22-4)11(8)20-2/h5-7H2,1-4H3,(H2,17,18,19). The van der Waals surface area contributed by atoms with Crippen molar-refractivity contribution in [2.45, 2.75) is 26.2 Å². The molecule has 0 aliphatic heterocycles. The second-order valence-electron chi connectivity index (χ2n) is 4.78. The summed E-state index contributed by atoms with van der Waals surface area (Å²) in [6.07, 6.45) is 2.78. The summed E-state index contributed by atoms with van der Waals surface area (Å²) >= 11 is 5.98. The highest BCUT2D eigenvalue weighted by Gasteiger charge is 2.25. The van der Waals surface area contributed by atoms with Gasteiger partial charge in [-0.25, -0.2) is 9.97 Å². The van der Waals surface area contributed by atoms with E-state index in [-0.39, 0.29) is 11.1 Å². The fourth-order valence-electron chi connectivity index (χ4n) is 2.53. The minimum Gasteiger partial charge on any atom is -0.492 e. The Morgan fingerprint density at radius 3 is 2.18 bits per heavy atom. The smallest absolute Gasteiger partial charge is 0.224 e. The number of methoxy groups -OCH3 is 3. The summed E-state index contributed by atoms with van der Waals surface area (Å²) < 4.78 is 16.5. The van der Waals surface area contributed by atoms with Crippen LogP contribution >= 0.6 is 11.6 Å². The van der Waals surface area contributed by atoms with Crippen molar-refractivity contribution in [1.82, 2.24) is 9.97 Å². The fraction of sp³-hybridized carbons (Fsp3) is 0.467. The third kappa shape index (κ3) is 2.70. The molecule has 7 heteroatoms. The maximum atomic E-state index is 6.03. The zero-order chi connectivity index (χ0) is 16.3. The van der Waals surface area contributed by atoms with E-state index in [2.05, 4.69) is 16.9 Å². The number of aryl methyl sites for hydroxylation is 1. The number of halogens is 1. The molecule has 120 valence electrons. The first-order valence-electron chi connectivity index (χ1n) is 7.02. The van der Waals surface area contributed by atoms with Gasteiger partial charge in [0.15, 0.2) is 11.5 Å². The molecule has 0 aliphatic carbocycles. The zero-order valence-electron chi connectivity index (χ0n) is 13.2. The molecule has 0 amide bonds. The average molecular weight is 326 g/mol. The minimum absolute atomic E-state index is 0.0945. The number of anilines is 1. The van der Waals surface area contributed by atoms with Crippen molar-refractivity contribution in [2.24, 2.45) is 0 Å². The molecule has 0 atom stereocenters. The molecule has 6 nitrogen and oxygen atoms in total. The van der Waals surface area contributed by atoms with Gasteiger partial charge < -0.3 is 19.9 Å². The van der Waals surface area contributed by atoms with Gasteiger partial charge in [-0.05, 0) is 24.4 Å². The van der Waals surface area contributed by atoms with Gasteiger partial charge in [0, 0.05) is 5.56 Å². The molecule has 22 heavy (non-hydrogen) atoms. The van der Waals surface area contributed by atoms with Crippen LogP contribution in [0.25, 0.3) is 10.9 Å². The van der Waals surface area contributed by atoms with Gasteiger partial charge in [-0.1, -0.05) is 13.3 Å². The van der Waals surface area contributed by atoms with Crippen LogP contribution in [-0.4, -0.2) is 31.3 Å². The number of benzene rings is 1. The number of rotatable bonds is 6. The second-order valence-corrected chi connectivity index (χ2v) is 5.12. The number of nitrogens with two attached hydrogens (primary N) is 1. The maximum absolute atomic E-state index is 6.03. The molecule has 0 saturated heterocycles. The number of ether oxygens (including phenoxy) is 3. The largest absolute Gasteiger partial charge is 0.492 e. The maximum Gasteiger partial charge on any atom is 0.224 e. The normalized spacial score (nSPS) is 10.8. The predicted octanol–water partition coefficient (Wildman–Crippen LogP) is 3.23. The first kappa shape index (κ1) is 16.4. The Balaban J connectivity index is 2.93. The van der Waals surface area contributed by atoms with Crippen molar-refractivity contribution in [1.29, 1.82) is 0 Å². The molecule has 1 heterocycles. The van der Waals surface area contributed by atoms with E-state index in [4.69, 9.17) is 31.5 Å². The molecule has 0 aliphatic rings. The van der Waals surface area contributed by atoms with E-state index in [1.807, 2.05) is 0 Å². The van der Waals surface area contributed by atoms with Crippen LogP contribution in [0.4, 0.5) is 5.82 Å². The first-order valence-corrected chi connectivity index (χ1v) is 7.40. The topological polar surface area (TPSA) is 79.5 Å². The molecule has 0 fully saturated rings. The van der Waals surface area contributed by atoms with E-state index >= 15 is 0 Å². The van der Waals surface area contributed by atoms with E-state index in [0.29, 0.717) is 28.2 Å². The van der Waals surface area contributed by atoms with Crippen LogP contribution in [0.15, 0.2) is 0 Å². The summed E-state index contributed by atoms with van der Waals surface area (Å²) in [5, 5.41) is 0.688. The Bertz CT molecular complexity index is 692. The van der Waals surface area contributed by atoms with E-state index in [0.717, 1.165) is 24.8 Å². The Labute approximate surface area is 134 Å². The molecule has 0 unspecified atom stereocenters. The molecular weight excluding hydrogens is 306 g/mol. The summed E-state index contributed by atoms with van der Waals surface area (Å²) in [5.41, 5.74) is 7.57. The average Bonchev–Trinajstić information content (AvgIpc) is 2.50. The highest BCUT2D eigenvalue weighted by molar-refractivity contribution is 6.29. The highest BCUT2D eigenvalue weighted by Crippen LogP contribution is 2.48. The lowest BCUT2D eigenvalue weighted by molar-refractivity contribution is 0.325. The monoisotopic (exact) mass is 325 g/mol. The highest BCUT2D eigenvalue weighted by atomic mass is 35.5. The van der Waals surface area contributed by atoms with Gasteiger partial charge in [-0.15, -0.1) is 0 Å². The second kappa shape index (κ2) is 6.87. The van der Waals surface area contributed by atoms with E-state index in [1.54, 1.807) is 14.2 Å². The summed E-state index contributed by atoms with van der Waals surface area (Å²) in [7, 11) is 4.68. The molecule has 0 saturated carbocycles. The molecule has 2 aromatic rings. The van der Waals surface area contributed by atoms with Crippen LogP contribution in [0, 0.1) is 0 Å². The number of nitrogens with zero attached hydrogens (tertiary/aromatic N) is 2. The molecule has 0 spiro atoms. The predicted molar refractivity (Wildman–Crippen MR) is 87.2 cm³/mol. The number of aromatic nitrogens is 2. The molecular formula is C15H20ClN3O3. The van der Waals surface area contributed by atoms with Crippen molar-refractivity contribution in [3.05, 3.63) is 10.8 Å². The Hall–Kier alpha value is -1.95. The van der Waals surface area contributed by atoms with Crippen LogP contribution in [0.1, 0.15) is 25.3 Å². The van der Waals surface area contributed by atoms with Crippen molar-refractivity contribution < 1.29 is 14.2 Å². The number of fused-ring (bicyclic) bond motifs is 1. The fourth-order valence-corrected chi connectivity index (χ4v) is 2.71. The van der Waals surface area contributed by atoms with Gasteiger partial charge in [0.05, 0.1) is 32.2 Å². The Morgan fingerprint density at radius 2 is 1.64 bits per heavy atom. The van der Waals surface area contributed by atoms with Gasteiger partial charge in [0.2, 0.25) is 11.0 Å². The van der Waals surface area contributed by atoms with Gasteiger partial charge in [0.25, 0.3) is 0 Å². The first-order chi connectivity index (χ1) is 10.6. The Kier molecular flexibility index (Phi) is 5.13. The SMILES string of the molecule is CCCCc1c(OC)c(OC)c(OC)c2c(N)nc(Cl)nc12. The summed E-state index contributed by atoms with van der Waals surface area (Å²) in [4.78, 5) is 8.36. The van der Waals surface area contributed by atoms with Crippen molar-refractivity contribution in [2.75, 3.05) is 27.1 Å². The van der Waals surface area contributed by atoms with Crippen LogP contribution < -0.4 is 19.9 Å². The molecule has 1 aromatic heterocycles. The molecule has 0 radical (unpaired) electrons. The van der Waals surface area contributed by atoms with Crippen LogP contribution in [0.5, 0.6) is 17.2 Å². The van der Waals surface area contributed by atoms with Crippen molar-refractivity contribution in [3.8, 4) is 17.2 Å². The molecule has 2 rings (SSSR count). The van der Waals surface area contributed by atoms with E-state index in [9.17, 15) is 0 Å². The minimum atomic E-state index is 0.0945. The third-order valence-electron chi connectivity index (χ3n) is 3.50. The number of hydrogen-bond donors (Lipinski definition) is 1. The number of hydrogen-bond acceptors (Lipinski definition) is 6. The van der Waals surface area contributed by atoms with E-state index < -0.39 is 0 Å². The van der Waals surface area contributed by atoms with Crippen molar-refractivity contribution in [3.63, 3.8) is 0 Å². The van der Waals surface area contributed by atoms with Gasteiger partial charge in [-0.3, -0.25) is 0 Å². The lowest BCUT2D eigenvalue weighted by Crippen LogP contribution is -2.05. The van der Waals surface area contributed by atoms with Gasteiger partial charge in [0.1, 0.15) is 5.82 Å². The van der Waals surface area contributed by atoms with Crippen LogP contribution in [0.2, 0.25) is 5.28 Å². The molecule has 2 N–H and O–H groups in total. The van der Waals surface area contributed by atoms with Crippen LogP contribution in [-0.2, 0) is 6.42 Å². The van der Waals surface area contributed by atoms with Crippen molar-refractivity contribution >= 4 is 28.3 Å². The van der Waals surface area contributed by atoms with Gasteiger partial charge >= 0.3 is 0 Å². The molecule has 0 bridgehead atoms.